The molecule has 0 bridgehead atoms. The number of esters is 1. The summed E-state index contributed by atoms with van der Waals surface area (Å²) in [5.74, 6) is -0.404. The minimum absolute atomic E-state index is 0.0303. The van der Waals surface area contributed by atoms with E-state index < -0.39 is 5.97 Å². The lowest BCUT2D eigenvalue weighted by molar-refractivity contribution is -0.135. The fourth-order valence-electron chi connectivity index (χ4n) is 3.42. The maximum Gasteiger partial charge on any atom is 0.337 e. The monoisotopic (exact) mass is 495 g/mol. The smallest absolute Gasteiger partial charge is 0.337 e. The van der Waals surface area contributed by atoms with Crippen LogP contribution in [-0.4, -0.2) is 28.4 Å². The van der Waals surface area contributed by atoms with Gasteiger partial charge < -0.3 is 4.74 Å². The third kappa shape index (κ3) is 8.15. The average Bonchev–Trinajstić information content (AvgIpc) is 2.79. The lowest BCUT2D eigenvalue weighted by Crippen LogP contribution is -2.11. The van der Waals surface area contributed by atoms with Crippen LogP contribution in [0.1, 0.15) is 39.3 Å². The van der Waals surface area contributed by atoms with E-state index in [0.29, 0.717) is 29.0 Å². The molecule has 1 unspecified atom stereocenters. The Balaban J connectivity index is 2.12. The number of pyridine rings is 1. The van der Waals surface area contributed by atoms with Crippen LogP contribution in [0.3, 0.4) is 0 Å². The molecule has 178 valence electrons. The molecule has 2 rings (SSSR count). The largest absolute Gasteiger partial charge is 0.465 e. The first kappa shape index (κ1) is 27.4. The molecule has 34 heavy (non-hydrogen) atoms. The van der Waals surface area contributed by atoms with Crippen molar-refractivity contribution in [2.75, 3.05) is 7.11 Å². The molecular formula is C28H30ClNO3S. The first-order chi connectivity index (χ1) is 16.1. The Labute approximate surface area is 211 Å². The summed E-state index contributed by atoms with van der Waals surface area (Å²) in [6, 6.07) is 9.56. The van der Waals surface area contributed by atoms with Crippen molar-refractivity contribution in [3.63, 3.8) is 0 Å². The number of nitrogens with zero attached hydrogens (tertiary/aromatic N) is 1. The molecule has 2 aromatic rings. The van der Waals surface area contributed by atoms with Crippen molar-refractivity contribution in [3.8, 4) is 0 Å². The number of carbonyl (C=O) groups excluding carboxylic acids is 2. The van der Waals surface area contributed by atoms with Crippen LogP contribution in [0.2, 0.25) is 5.02 Å². The lowest BCUT2D eigenvalue weighted by atomic mass is 9.99. The third-order valence-electron chi connectivity index (χ3n) is 5.16. The molecule has 0 aliphatic rings. The highest BCUT2D eigenvalue weighted by molar-refractivity contribution is 8.14. The molecule has 1 heterocycles. The number of rotatable bonds is 10. The number of methoxy groups -OCH3 is 1. The summed E-state index contributed by atoms with van der Waals surface area (Å²) < 4.78 is 4.82. The summed E-state index contributed by atoms with van der Waals surface area (Å²) in [7, 11) is 1.35. The standard InChI is InChI=1S/C28H30ClNO3S/c1-7-25(28(32)33-6)19(3)9-15-27(34-21(5)31)20(4)16-18(2)8-13-24-14-11-22-10-12-23(29)17-26(22)30-24/h7-8,10-14,16-17,27H,2-3,9,15H2,1,4-6H3. The minimum atomic E-state index is -0.404. The maximum atomic E-state index is 11.9. The Hall–Kier alpha value is -2.89. The number of carbonyl (C=O) groups is 2. The molecule has 0 saturated heterocycles. The van der Waals surface area contributed by atoms with Gasteiger partial charge in [-0.15, -0.1) is 0 Å². The van der Waals surface area contributed by atoms with Crippen LogP contribution in [0.4, 0.5) is 0 Å². The molecule has 0 spiro atoms. The van der Waals surface area contributed by atoms with Crippen LogP contribution < -0.4 is 0 Å². The number of thioether (sulfide) groups is 1. The van der Waals surface area contributed by atoms with Crippen LogP contribution in [0, 0.1) is 0 Å². The zero-order chi connectivity index (χ0) is 25.3. The Bertz CT molecular complexity index is 1190. The number of aromatic nitrogens is 1. The first-order valence-electron chi connectivity index (χ1n) is 10.9. The van der Waals surface area contributed by atoms with Gasteiger partial charge in [0.15, 0.2) is 5.12 Å². The van der Waals surface area contributed by atoms with Crippen molar-refractivity contribution in [1.82, 2.24) is 4.98 Å². The molecule has 1 aromatic carbocycles. The van der Waals surface area contributed by atoms with Gasteiger partial charge in [0, 0.05) is 22.6 Å². The van der Waals surface area contributed by atoms with E-state index in [1.54, 1.807) is 19.9 Å². The van der Waals surface area contributed by atoms with Crippen LogP contribution in [-0.2, 0) is 14.3 Å². The zero-order valence-electron chi connectivity index (χ0n) is 20.1. The fraction of sp³-hybridized carbons (Fsp3) is 0.250. The molecule has 0 N–H and O–H groups in total. The van der Waals surface area contributed by atoms with Crippen molar-refractivity contribution < 1.29 is 14.3 Å². The summed E-state index contributed by atoms with van der Waals surface area (Å²) >= 11 is 7.35. The molecule has 1 atom stereocenters. The SMILES string of the molecule is C=C(C=Cc1ccc2ccc(Cl)cc2n1)C=C(C)C(CCC(=C)C(=CC)C(=O)OC)SC(C)=O. The maximum absolute atomic E-state index is 11.9. The van der Waals surface area contributed by atoms with Gasteiger partial charge in [0.05, 0.1) is 23.9 Å². The van der Waals surface area contributed by atoms with Gasteiger partial charge in [0.1, 0.15) is 0 Å². The molecule has 4 nitrogen and oxygen atoms in total. The van der Waals surface area contributed by atoms with Gasteiger partial charge in [0.25, 0.3) is 0 Å². The molecule has 6 heteroatoms. The summed E-state index contributed by atoms with van der Waals surface area (Å²) in [4.78, 5) is 28.4. The number of benzene rings is 1. The highest BCUT2D eigenvalue weighted by atomic mass is 35.5. The molecular weight excluding hydrogens is 466 g/mol. The number of allylic oxidation sites excluding steroid dienone is 4. The van der Waals surface area contributed by atoms with E-state index in [4.69, 9.17) is 16.3 Å². The number of ether oxygens (including phenoxy) is 1. The Morgan fingerprint density at radius 2 is 1.91 bits per heavy atom. The fourth-order valence-corrected chi connectivity index (χ4v) is 4.48. The van der Waals surface area contributed by atoms with E-state index in [0.717, 1.165) is 27.7 Å². The second kappa shape index (κ2) is 13.1. The average molecular weight is 496 g/mol. The van der Waals surface area contributed by atoms with Crippen LogP contribution >= 0.6 is 23.4 Å². The number of halogens is 1. The molecule has 0 radical (unpaired) electrons. The van der Waals surface area contributed by atoms with Crippen molar-refractivity contribution in [1.29, 1.82) is 0 Å². The Kier molecular flexibility index (Phi) is 10.6. The quantitative estimate of drug-likeness (QED) is 0.194. The van der Waals surface area contributed by atoms with Gasteiger partial charge in [-0.3, -0.25) is 4.79 Å². The predicted molar refractivity (Wildman–Crippen MR) is 145 cm³/mol. The zero-order valence-corrected chi connectivity index (χ0v) is 21.6. The summed E-state index contributed by atoms with van der Waals surface area (Å²) in [6.45, 7) is 13.5. The second-order valence-corrected chi connectivity index (χ2v) is 9.62. The number of hydrogen-bond acceptors (Lipinski definition) is 5. The summed E-state index contributed by atoms with van der Waals surface area (Å²) in [5.41, 5.74) is 4.60. The van der Waals surface area contributed by atoms with Gasteiger partial charge in [-0.1, -0.05) is 72.5 Å². The van der Waals surface area contributed by atoms with Gasteiger partial charge in [-0.25, -0.2) is 9.78 Å². The van der Waals surface area contributed by atoms with E-state index in [-0.39, 0.29) is 10.4 Å². The molecule has 0 aliphatic carbocycles. The van der Waals surface area contributed by atoms with E-state index >= 15 is 0 Å². The Morgan fingerprint density at radius 1 is 1.21 bits per heavy atom. The minimum Gasteiger partial charge on any atom is -0.465 e. The molecule has 0 aliphatic heterocycles. The highest BCUT2D eigenvalue weighted by Crippen LogP contribution is 2.29. The first-order valence-corrected chi connectivity index (χ1v) is 12.1. The second-order valence-electron chi connectivity index (χ2n) is 7.80. The van der Waals surface area contributed by atoms with Crippen molar-refractivity contribution in [3.05, 3.63) is 94.7 Å². The molecule has 0 saturated carbocycles. The number of fused-ring (bicyclic) bond motifs is 1. The lowest BCUT2D eigenvalue weighted by Gasteiger charge is -2.17. The molecule has 0 fully saturated rings. The van der Waals surface area contributed by atoms with Gasteiger partial charge in [-0.05, 0) is 62.1 Å². The van der Waals surface area contributed by atoms with Crippen LogP contribution in [0.25, 0.3) is 17.0 Å². The third-order valence-corrected chi connectivity index (χ3v) is 6.62. The van der Waals surface area contributed by atoms with Crippen LogP contribution in [0.15, 0.2) is 84.0 Å². The summed E-state index contributed by atoms with van der Waals surface area (Å²) in [6.07, 6.45) is 8.68. The van der Waals surface area contributed by atoms with E-state index in [9.17, 15) is 9.59 Å². The molecule has 1 aromatic heterocycles. The van der Waals surface area contributed by atoms with Crippen LogP contribution in [0.5, 0.6) is 0 Å². The highest BCUT2D eigenvalue weighted by Gasteiger charge is 2.18. The predicted octanol–water partition coefficient (Wildman–Crippen LogP) is 7.51. The molecule has 0 amide bonds. The van der Waals surface area contributed by atoms with Gasteiger partial charge in [-0.2, -0.15) is 0 Å². The topological polar surface area (TPSA) is 56.3 Å². The van der Waals surface area contributed by atoms with Crippen molar-refractivity contribution >= 4 is 51.4 Å². The van der Waals surface area contributed by atoms with Gasteiger partial charge in [0.2, 0.25) is 0 Å². The van der Waals surface area contributed by atoms with Gasteiger partial charge >= 0.3 is 5.97 Å². The summed E-state index contributed by atoms with van der Waals surface area (Å²) in [5, 5.41) is 1.64. The number of hydrogen-bond donors (Lipinski definition) is 0. The van der Waals surface area contributed by atoms with E-state index in [1.165, 1.54) is 18.9 Å². The van der Waals surface area contributed by atoms with E-state index in [2.05, 4.69) is 18.1 Å². The Morgan fingerprint density at radius 3 is 2.56 bits per heavy atom. The van der Waals surface area contributed by atoms with E-state index in [1.807, 2.05) is 55.5 Å². The van der Waals surface area contributed by atoms with Crippen molar-refractivity contribution in [2.45, 2.75) is 38.9 Å². The van der Waals surface area contributed by atoms with Crippen molar-refractivity contribution in [2.24, 2.45) is 0 Å². The normalized spacial score (nSPS) is 13.2.